The first-order valence-corrected chi connectivity index (χ1v) is 8.00. The Labute approximate surface area is 118 Å². The van der Waals surface area contributed by atoms with Gasteiger partial charge in [0.05, 0.1) is 0 Å². The molecule has 1 heterocycles. The van der Waals surface area contributed by atoms with Crippen LogP contribution < -0.4 is 4.72 Å². The Morgan fingerprint density at radius 3 is 2.30 bits per heavy atom. The highest BCUT2D eigenvalue weighted by molar-refractivity contribution is 7.87. The maximum absolute atomic E-state index is 12.2. The predicted octanol–water partition coefficient (Wildman–Crippen LogP) is 1.13. The largest absolute Gasteiger partial charge is 0.480 e. The second kappa shape index (κ2) is 6.34. The highest BCUT2D eigenvalue weighted by atomic mass is 32.2. The summed E-state index contributed by atoms with van der Waals surface area (Å²) < 4.78 is 28.0. The van der Waals surface area contributed by atoms with Crippen LogP contribution in [0.25, 0.3) is 0 Å². The first-order valence-electron chi connectivity index (χ1n) is 6.56. The smallest absolute Gasteiger partial charge is 0.326 e. The topological polar surface area (TPSA) is 86.7 Å². The van der Waals surface area contributed by atoms with Crippen molar-refractivity contribution in [3.05, 3.63) is 35.9 Å². The summed E-state index contributed by atoms with van der Waals surface area (Å²) in [7, 11) is -3.77. The van der Waals surface area contributed by atoms with Gasteiger partial charge in [-0.3, -0.25) is 4.79 Å². The van der Waals surface area contributed by atoms with Crippen LogP contribution in [-0.4, -0.2) is 36.9 Å². The van der Waals surface area contributed by atoms with Gasteiger partial charge in [-0.1, -0.05) is 36.8 Å². The molecule has 1 saturated heterocycles. The number of carboxylic acid groups (broad SMARTS) is 1. The fraction of sp³-hybridized carbons (Fsp3) is 0.462. The monoisotopic (exact) mass is 298 g/mol. The van der Waals surface area contributed by atoms with E-state index in [4.69, 9.17) is 0 Å². The third kappa shape index (κ3) is 3.56. The number of nitrogens with one attached hydrogen (secondary N) is 1. The van der Waals surface area contributed by atoms with E-state index in [1.54, 1.807) is 30.3 Å². The molecule has 6 nitrogen and oxygen atoms in total. The first-order chi connectivity index (χ1) is 9.50. The summed E-state index contributed by atoms with van der Waals surface area (Å²) in [6.45, 7) is 0.882. The van der Waals surface area contributed by atoms with E-state index < -0.39 is 22.2 Å². The molecule has 0 radical (unpaired) electrons. The number of nitrogens with zero attached hydrogens (tertiary/aromatic N) is 1. The summed E-state index contributed by atoms with van der Waals surface area (Å²) in [5.74, 6) is -1.21. The molecule has 0 aliphatic carbocycles. The molecule has 1 aliphatic rings. The van der Waals surface area contributed by atoms with Crippen molar-refractivity contribution < 1.29 is 18.3 Å². The van der Waals surface area contributed by atoms with E-state index in [-0.39, 0.29) is 0 Å². The maximum atomic E-state index is 12.2. The lowest BCUT2D eigenvalue weighted by Gasteiger charge is -2.27. The number of benzene rings is 1. The number of carbonyl (C=O) groups is 1. The van der Waals surface area contributed by atoms with E-state index >= 15 is 0 Å². The van der Waals surface area contributed by atoms with E-state index in [1.165, 1.54) is 4.31 Å². The number of hydrogen-bond donors (Lipinski definition) is 2. The van der Waals surface area contributed by atoms with E-state index in [2.05, 4.69) is 4.72 Å². The van der Waals surface area contributed by atoms with Crippen molar-refractivity contribution in [1.82, 2.24) is 9.03 Å². The van der Waals surface area contributed by atoms with Crippen molar-refractivity contribution in [2.24, 2.45) is 0 Å². The standard InChI is InChI=1S/C13H18N2O4S/c16-13(17)12(11-7-3-1-4-8-11)14-20(18,19)15-9-5-2-6-10-15/h1,3-4,7-8,12,14H,2,5-6,9-10H2,(H,16,17). The van der Waals surface area contributed by atoms with Crippen LogP contribution in [-0.2, 0) is 15.0 Å². The van der Waals surface area contributed by atoms with Gasteiger partial charge in [-0.05, 0) is 18.4 Å². The van der Waals surface area contributed by atoms with E-state index in [0.29, 0.717) is 18.7 Å². The minimum atomic E-state index is -3.77. The molecule has 1 aromatic carbocycles. The lowest BCUT2D eigenvalue weighted by atomic mass is 10.1. The summed E-state index contributed by atoms with van der Waals surface area (Å²) in [6, 6.07) is 7.04. The molecule has 1 atom stereocenters. The van der Waals surface area contributed by atoms with Crippen molar-refractivity contribution in [3.63, 3.8) is 0 Å². The Morgan fingerprint density at radius 2 is 1.75 bits per heavy atom. The van der Waals surface area contributed by atoms with Gasteiger partial charge in [0.25, 0.3) is 10.2 Å². The lowest BCUT2D eigenvalue weighted by molar-refractivity contribution is -0.139. The van der Waals surface area contributed by atoms with Gasteiger partial charge < -0.3 is 5.11 Å². The van der Waals surface area contributed by atoms with Gasteiger partial charge in [0, 0.05) is 13.1 Å². The van der Waals surface area contributed by atoms with Crippen LogP contribution in [0.15, 0.2) is 30.3 Å². The van der Waals surface area contributed by atoms with Gasteiger partial charge in [0.1, 0.15) is 6.04 Å². The van der Waals surface area contributed by atoms with Crippen LogP contribution in [0.4, 0.5) is 0 Å². The number of aliphatic carboxylic acids is 1. The van der Waals surface area contributed by atoms with Gasteiger partial charge >= 0.3 is 5.97 Å². The fourth-order valence-corrected chi connectivity index (χ4v) is 3.66. The summed E-state index contributed by atoms with van der Waals surface area (Å²) >= 11 is 0. The molecule has 7 heteroatoms. The number of rotatable bonds is 5. The fourth-order valence-electron chi connectivity index (χ4n) is 2.24. The Bertz CT molecular complexity index is 553. The second-order valence-electron chi connectivity index (χ2n) is 4.76. The molecule has 0 amide bonds. The van der Waals surface area contributed by atoms with Gasteiger partial charge in [0.15, 0.2) is 0 Å². The highest BCUT2D eigenvalue weighted by Gasteiger charge is 2.30. The summed E-state index contributed by atoms with van der Waals surface area (Å²) in [4.78, 5) is 11.3. The van der Waals surface area contributed by atoms with Crippen LogP contribution in [0.5, 0.6) is 0 Å². The molecular weight excluding hydrogens is 280 g/mol. The van der Waals surface area contributed by atoms with Crippen molar-refractivity contribution >= 4 is 16.2 Å². The minimum Gasteiger partial charge on any atom is -0.480 e. The lowest BCUT2D eigenvalue weighted by Crippen LogP contribution is -2.46. The van der Waals surface area contributed by atoms with Gasteiger partial charge in [0.2, 0.25) is 0 Å². The third-order valence-electron chi connectivity index (χ3n) is 3.30. The highest BCUT2D eigenvalue weighted by Crippen LogP contribution is 2.17. The van der Waals surface area contributed by atoms with Crippen molar-refractivity contribution in [2.45, 2.75) is 25.3 Å². The first kappa shape index (κ1) is 15.0. The zero-order chi connectivity index (χ0) is 14.6. The molecule has 1 unspecified atom stereocenters. The molecule has 0 aromatic heterocycles. The quantitative estimate of drug-likeness (QED) is 0.853. The van der Waals surface area contributed by atoms with Gasteiger partial charge in [-0.15, -0.1) is 0 Å². The summed E-state index contributed by atoms with van der Waals surface area (Å²) in [5, 5.41) is 9.24. The number of piperidine rings is 1. The molecular formula is C13H18N2O4S. The average molecular weight is 298 g/mol. The zero-order valence-corrected chi connectivity index (χ0v) is 11.8. The van der Waals surface area contributed by atoms with Crippen LogP contribution in [0.3, 0.4) is 0 Å². The Kier molecular flexibility index (Phi) is 4.74. The second-order valence-corrected chi connectivity index (χ2v) is 6.47. The van der Waals surface area contributed by atoms with Crippen LogP contribution in [0, 0.1) is 0 Å². The predicted molar refractivity (Wildman–Crippen MR) is 74.3 cm³/mol. The molecule has 2 N–H and O–H groups in total. The number of carboxylic acids is 1. The van der Waals surface area contributed by atoms with E-state index in [0.717, 1.165) is 19.3 Å². The summed E-state index contributed by atoms with van der Waals surface area (Å²) in [6.07, 6.45) is 2.63. The summed E-state index contributed by atoms with van der Waals surface area (Å²) in [5.41, 5.74) is 0.417. The SMILES string of the molecule is O=C(O)C(NS(=O)(=O)N1CCCCC1)c1ccccc1. The number of hydrogen-bond acceptors (Lipinski definition) is 3. The van der Waals surface area contributed by atoms with E-state index in [9.17, 15) is 18.3 Å². The molecule has 1 aromatic rings. The Hall–Kier alpha value is -1.44. The molecule has 20 heavy (non-hydrogen) atoms. The normalized spacial score (nSPS) is 18.6. The maximum Gasteiger partial charge on any atom is 0.326 e. The van der Waals surface area contributed by atoms with Crippen LogP contribution in [0.2, 0.25) is 0 Å². The molecule has 1 aliphatic heterocycles. The molecule has 0 saturated carbocycles. The third-order valence-corrected chi connectivity index (χ3v) is 4.88. The van der Waals surface area contributed by atoms with E-state index in [1.807, 2.05) is 0 Å². The van der Waals surface area contributed by atoms with Crippen LogP contribution >= 0.6 is 0 Å². The molecule has 2 rings (SSSR count). The van der Waals surface area contributed by atoms with Crippen molar-refractivity contribution in [3.8, 4) is 0 Å². The molecule has 110 valence electrons. The molecule has 0 bridgehead atoms. The minimum absolute atomic E-state index is 0.417. The molecule has 0 spiro atoms. The van der Waals surface area contributed by atoms with Crippen LogP contribution in [0.1, 0.15) is 30.9 Å². The van der Waals surface area contributed by atoms with Gasteiger partial charge in [-0.25, -0.2) is 0 Å². The zero-order valence-electron chi connectivity index (χ0n) is 11.0. The molecule has 1 fully saturated rings. The average Bonchev–Trinajstić information content (AvgIpc) is 2.46. The Balaban J connectivity index is 2.18. The van der Waals surface area contributed by atoms with Crippen molar-refractivity contribution in [1.29, 1.82) is 0 Å². The van der Waals surface area contributed by atoms with Crippen molar-refractivity contribution in [2.75, 3.05) is 13.1 Å². The Morgan fingerprint density at radius 1 is 1.15 bits per heavy atom. The van der Waals surface area contributed by atoms with Gasteiger partial charge in [-0.2, -0.15) is 17.4 Å².